The van der Waals surface area contributed by atoms with E-state index in [4.69, 9.17) is 17.3 Å². The van der Waals surface area contributed by atoms with Crippen LogP contribution in [0.5, 0.6) is 0 Å². The van der Waals surface area contributed by atoms with Crippen LogP contribution in [0.2, 0.25) is 5.02 Å². The molecule has 4 N–H and O–H groups in total. The lowest BCUT2D eigenvalue weighted by Gasteiger charge is -2.28. The summed E-state index contributed by atoms with van der Waals surface area (Å²) in [6.45, 7) is 0. The molecule has 1 atom stereocenters. The van der Waals surface area contributed by atoms with E-state index in [2.05, 4.69) is 25.3 Å². The second-order valence-corrected chi connectivity index (χ2v) is 6.80. The molecule has 3 aromatic rings. The van der Waals surface area contributed by atoms with Crippen molar-refractivity contribution in [2.24, 2.45) is 10.7 Å². The second-order valence-electron chi connectivity index (χ2n) is 6.39. The standard InChI is InChI=1S/C18H17ClFN7/c1-27(2)13-8-18(21,24-9-23-13)16-15-12(6-7-22-16)25-17(26-15)14-10(19)4-3-5-11(14)20/h3-9H,21H2,1-2H3,(H,23,24)(H,25,26). The van der Waals surface area contributed by atoms with Crippen molar-refractivity contribution in [1.29, 1.82) is 0 Å². The topological polar surface area (TPSA) is 95.2 Å². The molecule has 0 saturated heterocycles. The number of nitrogens with two attached hydrogens (primary N) is 1. The number of imidazole rings is 1. The molecule has 0 saturated carbocycles. The summed E-state index contributed by atoms with van der Waals surface area (Å²) < 4.78 is 14.3. The van der Waals surface area contributed by atoms with E-state index in [0.29, 0.717) is 22.6 Å². The van der Waals surface area contributed by atoms with Crippen LogP contribution < -0.4 is 11.1 Å². The van der Waals surface area contributed by atoms with Gasteiger partial charge in [-0.1, -0.05) is 17.7 Å². The van der Waals surface area contributed by atoms with Crippen LogP contribution in [0.4, 0.5) is 4.39 Å². The molecule has 4 rings (SSSR count). The summed E-state index contributed by atoms with van der Waals surface area (Å²) in [6.07, 6.45) is 4.90. The van der Waals surface area contributed by atoms with Crippen molar-refractivity contribution in [3.63, 3.8) is 0 Å². The van der Waals surface area contributed by atoms with E-state index in [1.165, 1.54) is 12.4 Å². The Balaban J connectivity index is 1.90. The van der Waals surface area contributed by atoms with Crippen molar-refractivity contribution in [2.45, 2.75) is 5.66 Å². The van der Waals surface area contributed by atoms with Crippen molar-refractivity contribution in [3.8, 4) is 11.4 Å². The van der Waals surface area contributed by atoms with Gasteiger partial charge in [-0.25, -0.2) is 14.4 Å². The molecule has 3 heterocycles. The van der Waals surface area contributed by atoms with Crippen LogP contribution in [0.1, 0.15) is 5.69 Å². The monoisotopic (exact) mass is 385 g/mol. The summed E-state index contributed by atoms with van der Waals surface area (Å²) in [5.41, 5.74) is 7.13. The van der Waals surface area contributed by atoms with Gasteiger partial charge >= 0.3 is 0 Å². The van der Waals surface area contributed by atoms with E-state index in [0.717, 1.165) is 5.82 Å². The van der Waals surface area contributed by atoms with Gasteiger partial charge in [0.05, 0.1) is 22.4 Å². The average molecular weight is 386 g/mol. The number of pyridine rings is 1. The van der Waals surface area contributed by atoms with Gasteiger partial charge in [-0.3, -0.25) is 10.7 Å². The molecule has 27 heavy (non-hydrogen) atoms. The third kappa shape index (κ3) is 2.92. The first kappa shape index (κ1) is 17.4. The van der Waals surface area contributed by atoms with E-state index < -0.39 is 11.5 Å². The van der Waals surface area contributed by atoms with E-state index in [1.54, 1.807) is 30.5 Å². The molecule has 0 amide bonds. The highest BCUT2D eigenvalue weighted by Crippen LogP contribution is 2.33. The van der Waals surface area contributed by atoms with E-state index in [-0.39, 0.29) is 10.6 Å². The Morgan fingerprint density at radius 2 is 2.07 bits per heavy atom. The number of H-pyrrole nitrogens is 1. The second kappa shape index (κ2) is 6.33. The SMILES string of the molecule is CN(C)C1=CC(N)(c2nccc3[nH]c(-c4c(F)cccc4Cl)nc23)N=CN1. The summed E-state index contributed by atoms with van der Waals surface area (Å²) in [5, 5.41) is 3.29. The first-order valence-corrected chi connectivity index (χ1v) is 8.56. The maximum Gasteiger partial charge on any atom is 0.177 e. The van der Waals surface area contributed by atoms with Crippen LogP contribution in [0.3, 0.4) is 0 Å². The minimum absolute atomic E-state index is 0.200. The normalized spacial score (nSPS) is 19.1. The number of nitrogens with one attached hydrogen (secondary N) is 2. The lowest BCUT2D eigenvalue weighted by molar-refractivity contribution is 0.454. The molecule has 2 aromatic heterocycles. The first-order chi connectivity index (χ1) is 12.9. The molecule has 0 aliphatic carbocycles. The van der Waals surface area contributed by atoms with Crippen LogP contribution in [0.15, 0.2) is 47.4 Å². The van der Waals surface area contributed by atoms with Gasteiger partial charge < -0.3 is 15.2 Å². The van der Waals surface area contributed by atoms with Crippen molar-refractivity contribution in [2.75, 3.05) is 14.1 Å². The lowest BCUT2D eigenvalue weighted by atomic mass is 10.0. The van der Waals surface area contributed by atoms with Crippen molar-refractivity contribution < 1.29 is 4.39 Å². The number of rotatable bonds is 3. The lowest BCUT2D eigenvalue weighted by Crippen LogP contribution is -2.41. The molecule has 1 aliphatic heterocycles. The zero-order valence-corrected chi connectivity index (χ0v) is 15.4. The predicted molar refractivity (Wildman–Crippen MR) is 104 cm³/mol. The Hall–Kier alpha value is -2.97. The summed E-state index contributed by atoms with van der Waals surface area (Å²) in [4.78, 5) is 18.3. The van der Waals surface area contributed by atoms with Crippen molar-refractivity contribution in [3.05, 3.63) is 58.9 Å². The van der Waals surface area contributed by atoms with Crippen LogP contribution in [-0.4, -0.2) is 40.3 Å². The minimum atomic E-state index is -1.21. The molecular formula is C18H17ClFN7. The molecule has 0 fully saturated rings. The Morgan fingerprint density at radius 3 is 2.81 bits per heavy atom. The Labute approximate surface area is 159 Å². The summed E-state index contributed by atoms with van der Waals surface area (Å²) in [6, 6.07) is 6.24. The molecule has 0 bridgehead atoms. The number of halogens is 2. The minimum Gasteiger partial charge on any atom is -0.364 e. The smallest absolute Gasteiger partial charge is 0.177 e. The number of fused-ring (bicyclic) bond motifs is 1. The van der Waals surface area contributed by atoms with Gasteiger partial charge in [-0.2, -0.15) is 0 Å². The number of aromatic nitrogens is 3. The number of benzene rings is 1. The number of nitrogens with zero attached hydrogens (tertiary/aromatic N) is 4. The Morgan fingerprint density at radius 1 is 1.26 bits per heavy atom. The first-order valence-electron chi connectivity index (χ1n) is 8.18. The zero-order valence-electron chi connectivity index (χ0n) is 14.7. The maximum absolute atomic E-state index is 14.3. The van der Waals surface area contributed by atoms with Gasteiger partial charge in [0.1, 0.15) is 28.7 Å². The number of hydrogen-bond acceptors (Lipinski definition) is 6. The van der Waals surface area contributed by atoms with E-state index >= 15 is 0 Å². The zero-order chi connectivity index (χ0) is 19.2. The summed E-state index contributed by atoms with van der Waals surface area (Å²) in [7, 11) is 3.78. The number of hydrogen-bond donors (Lipinski definition) is 3. The molecule has 1 aromatic carbocycles. The molecule has 1 aliphatic rings. The molecular weight excluding hydrogens is 369 g/mol. The predicted octanol–water partition coefficient (Wildman–Crippen LogP) is 2.56. The maximum atomic E-state index is 14.3. The highest BCUT2D eigenvalue weighted by Gasteiger charge is 2.32. The van der Waals surface area contributed by atoms with Crippen LogP contribution >= 0.6 is 11.6 Å². The van der Waals surface area contributed by atoms with Gasteiger partial charge in [-0.15, -0.1) is 0 Å². The number of aliphatic imine (C=N–C) groups is 1. The highest BCUT2D eigenvalue weighted by molar-refractivity contribution is 6.33. The molecule has 0 spiro atoms. The van der Waals surface area contributed by atoms with Crippen LogP contribution in [0.25, 0.3) is 22.4 Å². The molecule has 1 unspecified atom stereocenters. The van der Waals surface area contributed by atoms with Gasteiger partial charge in [0.2, 0.25) is 0 Å². The average Bonchev–Trinajstić information content (AvgIpc) is 3.05. The van der Waals surface area contributed by atoms with Crippen molar-refractivity contribution in [1.82, 2.24) is 25.2 Å². The molecule has 0 radical (unpaired) electrons. The fraction of sp³-hybridized carbons (Fsp3) is 0.167. The van der Waals surface area contributed by atoms with Crippen LogP contribution in [-0.2, 0) is 5.66 Å². The van der Waals surface area contributed by atoms with Gasteiger partial charge in [0.15, 0.2) is 5.66 Å². The largest absolute Gasteiger partial charge is 0.364 e. The fourth-order valence-corrected chi connectivity index (χ4v) is 3.20. The van der Waals surface area contributed by atoms with Gasteiger partial charge in [0, 0.05) is 26.4 Å². The van der Waals surface area contributed by atoms with E-state index in [1.807, 2.05) is 19.0 Å². The fourth-order valence-electron chi connectivity index (χ4n) is 2.95. The quantitative estimate of drug-likeness (QED) is 0.644. The number of aromatic amines is 1. The Kier molecular flexibility index (Phi) is 4.09. The van der Waals surface area contributed by atoms with Crippen LogP contribution in [0, 0.1) is 5.82 Å². The van der Waals surface area contributed by atoms with Crippen molar-refractivity contribution >= 4 is 29.0 Å². The Bertz CT molecular complexity index is 1070. The molecule has 138 valence electrons. The van der Waals surface area contributed by atoms with E-state index in [9.17, 15) is 4.39 Å². The third-order valence-corrected chi connectivity index (χ3v) is 4.62. The summed E-state index contributed by atoms with van der Waals surface area (Å²) in [5.74, 6) is 0.619. The van der Waals surface area contributed by atoms with Gasteiger partial charge in [-0.05, 0) is 18.2 Å². The third-order valence-electron chi connectivity index (χ3n) is 4.31. The molecule has 7 nitrogen and oxygen atoms in total. The summed E-state index contributed by atoms with van der Waals surface area (Å²) >= 11 is 6.17. The van der Waals surface area contributed by atoms with Gasteiger partial charge in [0.25, 0.3) is 0 Å². The molecule has 9 heteroatoms. The highest BCUT2D eigenvalue weighted by atomic mass is 35.5.